The highest BCUT2D eigenvalue weighted by Crippen LogP contribution is 2.27. The van der Waals surface area contributed by atoms with Crippen LogP contribution in [-0.2, 0) is 10.0 Å². The molecule has 7 nitrogen and oxygen atoms in total. The maximum absolute atomic E-state index is 12.1. The summed E-state index contributed by atoms with van der Waals surface area (Å²) < 4.78 is 30.9. The molecule has 1 N–H and O–H groups in total. The van der Waals surface area contributed by atoms with Crippen molar-refractivity contribution in [3.8, 4) is 17.5 Å². The van der Waals surface area contributed by atoms with E-state index in [4.69, 9.17) is 4.42 Å². The molecule has 0 saturated heterocycles. The van der Waals surface area contributed by atoms with Crippen LogP contribution in [0.25, 0.3) is 11.5 Å². The molecule has 1 atom stereocenters. The van der Waals surface area contributed by atoms with Crippen LogP contribution in [0.4, 0.5) is 5.88 Å². The van der Waals surface area contributed by atoms with Crippen molar-refractivity contribution in [2.75, 3.05) is 19.4 Å². The van der Waals surface area contributed by atoms with Crippen LogP contribution in [0.15, 0.2) is 33.6 Å². The van der Waals surface area contributed by atoms with Crippen molar-refractivity contribution in [3.63, 3.8) is 0 Å². The summed E-state index contributed by atoms with van der Waals surface area (Å²) in [7, 11) is -0.534. The smallest absolute Gasteiger partial charge is 0.242 e. The van der Waals surface area contributed by atoms with Gasteiger partial charge in [0.05, 0.1) is 4.90 Å². The van der Waals surface area contributed by atoms with Gasteiger partial charge in [-0.2, -0.15) is 10.2 Å². The van der Waals surface area contributed by atoms with Gasteiger partial charge in [0.2, 0.25) is 27.5 Å². The third-order valence-corrected chi connectivity index (χ3v) is 5.43. The molecule has 0 saturated carbocycles. The Bertz CT molecular complexity index is 848. The molecule has 2 rings (SSSR count). The van der Waals surface area contributed by atoms with E-state index in [1.54, 1.807) is 12.1 Å². The minimum atomic E-state index is -3.49. The number of rotatable bonds is 6. The average Bonchev–Trinajstić information content (AvgIpc) is 2.97. The second-order valence-corrected chi connectivity index (χ2v) is 7.73. The monoisotopic (exact) mass is 348 g/mol. The zero-order valence-corrected chi connectivity index (χ0v) is 14.9. The van der Waals surface area contributed by atoms with Crippen LogP contribution in [0, 0.1) is 11.3 Å². The van der Waals surface area contributed by atoms with Crippen LogP contribution >= 0.6 is 0 Å². The standard InChI is InChI=1S/C16H20N4O3S/c1-5-11(2)18-16-14(10-17)19-15(23-16)12-6-8-13(9-7-12)24(21,22)20(3)4/h6-9,11,18H,5H2,1-4H3/t11-/m1/s1. The first-order chi connectivity index (χ1) is 11.3. The summed E-state index contributed by atoms with van der Waals surface area (Å²) in [4.78, 5) is 4.34. The number of hydrogen-bond acceptors (Lipinski definition) is 6. The molecule has 0 aliphatic heterocycles. The van der Waals surface area contributed by atoms with Crippen molar-refractivity contribution in [2.24, 2.45) is 0 Å². The van der Waals surface area contributed by atoms with Crippen molar-refractivity contribution in [2.45, 2.75) is 31.2 Å². The van der Waals surface area contributed by atoms with Crippen molar-refractivity contribution >= 4 is 15.9 Å². The van der Waals surface area contributed by atoms with E-state index in [-0.39, 0.29) is 22.5 Å². The van der Waals surface area contributed by atoms with E-state index in [1.165, 1.54) is 26.2 Å². The third-order valence-electron chi connectivity index (χ3n) is 3.60. The topological polar surface area (TPSA) is 99.2 Å². The van der Waals surface area contributed by atoms with E-state index in [1.807, 2.05) is 19.9 Å². The lowest BCUT2D eigenvalue weighted by Crippen LogP contribution is -2.22. The van der Waals surface area contributed by atoms with Gasteiger partial charge in [-0.15, -0.1) is 0 Å². The van der Waals surface area contributed by atoms with Gasteiger partial charge in [-0.3, -0.25) is 0 Å². The highest BCUT2D eigenvalue weighted by molar-refractivity contribution is 7.89. The van der Waals surface area contributed by atoms with E-state index in [0.717, 1.165) is 10.7 Å². The lowest BCUT2D eigenvalue weighted by atomic mass is 10.2. The summed E-state index contributed by atoms with van der Waals surface area (Å²) >= 11 is 0. The summed E-state index contributed by atoms with van der Waals surface area (Å²) in [5, 5.41) is 12.3. The second kappa shape index (κ2) is 7.03. The Balaban J connectivity index is 2.35. The molecule has 24 heavy (non-hydrogen) atoms. The molecule has 1 aromatic carbocycles. The molecular weight excluding hydrogens is 328 g/mol. The molecule has 1 aromatic heterocycles. The minimum absolute atomic E-state index is 0.144. The van der Waals surface area contributed by atoms with Gasteiger partial charge in [-0.25, -0.2) is 12.7 Å². The third kappa shape index (κ3) is 3.58. The van der Waals surface area contributed by atoms with E-state index in [2.05, 4.69) is 10.3 Å². The molecule has 128 valence electrons. The Morgan fingerprint density at radius 2 is 1.96 bits per heavy atom. The van der Waals surface area contributed by atoms with Crippen LogP contribution in [0.5, 0.6) is 0 Å². The number of sulfonamides is 1. The zero-order chi connectivity index (χ0) is 17.9. The molecule has 0 unspecified atom stereocenters. The van der Waals surface area contributed by atoms with Crippen molar-refractivity contribution in [1.29, 1.82) is 5.26 Å². The number of nitriles is 1. The number of nitrogens with one attached hydrogen (secondary N) is 1. The lowest BCUT2D eigenvalue weighted by Gasteiger charge is -2.11. The number of benzene rings is 1. The molecule has 0 aliphatic carbocycles. The van der Waals surface area contributed by atoms with Gasteiger partial charge in [0.1, 0.15) is 6.07 Å². The van der Waals surface area contributed by atoms with Gasteiger partial charge in [0.25, 0.3) is 0 Å². The summed E-state index contributed by atoms with van der Waals surface area (Å²) in [6, 6.07) is 8.33. The van der Waals surface area contributed by atoms with Gasteiger partial charge in [-0.1, -0.05) is 6.92 Å². The Kier molecular flexibility index (Phi) is 5.26. The molecule has 0 radical (unpaired) electrons. The lowest BCUT2D eigenvalue weighted by molar-refractivity contribution is 0.520. The van der Waals surface area contributed by atoms with E-state index < -0.39 is 10.0 Å². The van der Waals surface area contributed by atoms with Crippen molar-refractivity contribution < 1.29 is 12.8 Å². The van der Waals surface area contributed by atoms with E-state index in [0.29, 0.717) is 11.4 Å². The van der Waals surface area contributed by atoms with Crippen LogP contribution in [-0.4, -0.2) is 37.8 Å². The summed E-state index contributed by atoms with van der Waals surface area (Å²) in [5.74, 6) is 0.595. The molecule has 1 heterocycles. The van der Waals surface area contributed by atoms with Crippen LogP contribution in [0.3, 0.4) is 0 Å². The largest absolute Gasteiger partial charge is 0.419 e. The second-order valence-electron chi connectivity index (χ2n) is 5.57. The number of oxazole rings is 1. The molecular formula is C16H20N4O3S. The van der Waals surface area contributed by atoms with Gasteiger partial charge >= 0.3 is 0 Å². The summed E-state index contributed by atoms with van der Waals surface area (Å²) in [5.41, 5.74) is 0.775. The molecule has 0 bridgehead atoms. The van der Waals surface area contributed by atoms with Gasteiger partial charge in [-0.05, 0) is 37.6 Å². The fourth-order valence-corrected chi connectivity index (χ4v) is 2.83. The van der Waals surface area contributed by atoms with Gasteiger partial charge in [0.15, 0.2) is 0 Å². The SMILES string of the molecule is CC[C@@H](C)Nc1oc(-c2ccc(S(=O)(=O)N(C)C)cc2)nc1C#N. The normalized spacial score (nSPS) is 12.8. The predicted molar refractivity (Wildman–Crippen MR) is 90.9 cm³/mol. The minimum Gasteiger partial charge on any atom is -0.419 e. The Morgan fingerprint density at radius 1 is 1.33 bits per heavy atom. The predicted octanol–water partition coefficient (Wildman–Crippen LogP) is 2.67. The number of aromatic nitrogens is 1. The van der Waals surface area contributed by atoms with Gasteiger partial charge < -0.3 is 9.73 Å². The fourth-order valence-electron chi connectivity index (χ4n) is 1.92. The Morgan fingerprint density at radius 3 is 2.46 bits per heavy atom. The first-order valence-electron chi connectivity index (χ1n) is 7.50. The maximum atomic E-state index is 12.1. The Hall–Kier alpha value is -2.37. The van der Waals surface area contributed by atoms with E-state index in [9.17, 15) is 13.7 Å². The summed E-state index contributed by atoms with van der Waals surface area (Å²) in [6.45, 7) is 4.00. The quantitative estimate of drug-likeness (QED) is 0.861. The zero-order valence-electron chi connectivity index (χ0n) is 14.1. The molecule has 0 aliphatic rings. The van der Waals surface area contributed by atoms with Gasteiger partial charge in [0, 0.05) is 25.7 Å². The molecule has 0 amide bonds. The van der Waals surface area contributed by atoms with Crippen LogP contribution in [0.2, 0.25) is 0 Å². The Labute approximate surface area is 142 Å². The number of anilines is 1. The van der Waals surface area contributed by atoms with Crippen LogP contribution in [0.1, 0.15) is 26.0 Å². The maximum Gasteiger partial charge on any atom is 0.242 e. The fraction of sp³-hybridized carbons (Fsp3) is 0.375. The highest BCUT2D eigenvalue weighted by atomic mass is 32.2. The highest BCUT2D eigenvalue weighted by Gasteiger charge is 2.19. The molecule has 2 aromatic rings. The molecule has 0 fully saturated rings. The van der Waals surface area contributed by atoms with E-state index >= 15 is 0 Å². The number of hydrogen-bond donors (Lipinski definition) is 1. The van der Waals surface area contributed by atoms with Crippen molar-refractivity contribution in [3.05, 3.63) is 30.0 Å². The molecule has 0 spiro atoms. The number of nitrogens with zero attached hydrogens (tertiary/aromatic N) is 3. The first-order valence-corrected chi connectivity index (χ1v) is 8.94. The average molecular weight is 348 g/mol. The first kappa shape index (κ1) is 18.0. The summed E-state index contributed by atoms with van der Waals surface area (Å²) in [6.07, 6.45) is 0.873. The van der Waals surface area contributed by atoms with Crippen molar-refractivity contribution in [1.82, 2.24) is 9.29 Å². The molecule has 8 heteroatoms. The van der Waals surface area contributed by atoms with Crippen LogP contribution < -0.4 is 5.32 Å².